The summed E-state index contributed by atoms with van der Waals surface area (Å²) in [5.74, 6) is -5.47. The standard InChI is InChI=1S/C14H13F2NO6S/c1-3-24(20,21)17-14-13(22-7(2)18)11(19)12(23-14)8-4-9(15)6-10(16)5-8/h4-6,17,19H,3H2,1-2H3. The molecule has 0 aliphatic rings. The van der Waals surface area contributed by atoms with Gasteiger partial charge in [0.1, 0.15) is 11.6 Å². The molecule has 0 fully saturated rings. The second-order valence-electron chi connectivity index (χ2n) is 4.70. The Balaban J connectivity index is 2.61. The van der Waals surface area contributed by atoms with E-state index in [1.54, 1.807) is 0 Å². The largest absolute Gasteiger partial charge is 0.502 e. The first-order valence-electron chi connectivity index (χ1n) is 6.64. The molecule has 0 aliphatic heterocycles. The Hall–Kier alpha value is -2.62. The van der Waals surface area contributed by atoms with Gasteiger partial charge in [0.25, 0.3) is 5.88 Å². The minimum Gasteiger partial charge on any atom is -0.502 e. The quantitative estimate of drug-likeness (QED) is 0.793. The van der Waals surface area contributed by atoms with Gasteiger partial charge in [-0.2, -0.15) is 0 Å². The number of benzene rings is 1. The van der Waals surface area contributed by atoms with E-state index >= 15 is 0 Å². The van der Waals surface area contributed by atoms with Crippen molar-refractivity contribution < 1.29 is 36.3 Å². The molecule has 10 heteroatoms. The lowest BCUT2D eigenvalue weighted by Gasteiger charge is -2.04. The maximum atomic E-state index is 13.3. The molecule has 0 amide bonds. The second-order valence-corrected chi connectivity index (χ2v) is 6.71. The van der Waals surface area contributed by atoms with Crippen LogP contribution in [0.3, 0.4) is 0 Å². The van der Waals surface area contributed by atoms with E-state index in [4.69, 9.17) is 9.15 Å². The number of halogens is 2. The SMILES string of the molecule is CCS(=O)(=O)Nc1oc(-c2cc(F)cc(F)c2)c(O)c1OC(C)=O. The van der Waals surface area contributed by atoms with E-state index in [0.29, 0.717) is 6.07 Å². The highest BCUT2D eigenvalue weighted by atomic mass is 32.2. The number of anilines is 1. The first-order valence-corrected chi connectivity index (χ1v) is 8.29. The van der Waals surface area contributed by atoms with Gasteiger partial charge < -0.3 is 14.3 Å². The predicted molar refractivity (Wildman–Crippen MR) is 80.1 cm³/mol. The van der Waals surface area contributed by atoms with E-state index in [9.17, 15) is 27.1 Å². The van der Waals surface area contributed by atoms with Crippen molar-refractivity contribution in [3.8, 4) is 22.8 Å². The topological polar surface area (TPSA) is 106 Å². The molecular formula is C14H13F2NO6S. The normalized spacial score (nSPS) is 11.3. The van der Waals surface area contributed by atoms with Crippen molar-refractivity contribution in [1.29, 1.82) is 0 Å². The number of furan rings is 1. The van der Waals surface area contributed by atoms with Gasteiger partial charge in [0.15, 0.2) is 5.76 Å². The summed E-state index contributed by atoms with van der Waals surface area (Å²) in [7, 11) is -3.83. The number of ether oxygens (including phenoxy) is 1. The number of carbonyl (C=O) groups excluding carboxylic acids is 1. The molecule has 0 radical (unpaired) electrons. The summed E-state index contributed by atoms with van der Waals surface area (Å²) in [6.07, 6.45) is 0. The Morgan fingerprint density at radius 2 is 1.88 bits per heavy atom. The summed E-state index contributed by atoms with van der Waals surface area (Å²) in [5.41, 5.74) is -0.208. The van der Waals surface area contributed by atoms with Crippen LogP contribution in [0.1, 0.15) is 13.8 Å². The number of esters is 1. The fourth-order valence-corrected chi connectivity index (χ4v) is 2.37. The molecule has 0 bridgehead atoms. The zero-order valence-corrected chi connectivity index (χ0v) is 13.4. The van der Waals surface area contributed by atoms with Crippen molar-refractivity contribution in [1.82, 2.24) is 0 Å². The van der Waals surface area contributed by atoms with Crippen LogP contribution in [-0.2, 0) is 14.8 Å². The molecule has 0 atom stereocenters. The van der Waals surface area contributed by atoms with E-state index in [2.05, 4.69) is 0 Å². The molecule has 7 nitrogen and oxygen atoms in total. The van der Waals surface area contributed by atoms with Gasteiger partial charge in [0.05, 0.1) is 5.75 Å². The van der Waals surface area contributed by atoms with E-state index in [0.717, 1.165) is 19.1 Å². The monoisotopic (exact) mass is 361 g/mol. The number of sulfonamides is 1. The van der Waals surface area contributed by atoms with Crippen molar-refractivity contribution in [2.45, 2.75) is 13.8 Å². The Kier molecular flexibility index (Phi) is 4.78. The molecule has 130 valence electrons. The molecule has 1 aromatic carbocycles. The number of nitrogens with one attached hydrogen (secondary N) is 1. The van der Waals surface area contributed by atoms with Gasteiger partial charge in [-0.25, -0.2) is 21.9 Å². The van der Waals surface area contributed by atoms with Gasteiger partial charge in [-0.15, -0.1) is 0 Å². The molecule has 0 spiro atoms. The maximum Gasteiger partial charge on any atom is 0.308 e. The van der Waals surface area contributed by atoms with E-state index in [1.807, 2.05) is 4.72 Å². The second kappa shape index (κ2) is 6.48. The number of rotatable bonds is 5. The Morgan fingerprint density at radius 1 is 1.29 bits per heavy atom. The van der Waals surface area contributed by atoms with E-state index in [1.165, 1.54) is 6.92 Å². The third-order valence-electron chi connectivity index (χ3n) is 2.84. The first kappa shape index (κ1) is 17.7. The molecule has 2 rings (SSSR count). The highest BCUT2D eigenvalue weighted by Crippen LogP contribution is 2.46. The molecule has 2 aromatic rings. The van der Waals surface area contributed by atoms with Crippen LogP contribution in [0.15, 0.2) is 22.6 Å². The molecule has 0 saturated heterocycles. The van der Waals surface area contributed by atoms with Gasteiger partial charge in [0.2, 0.25) is 21.5 Å². The lowest BCUT2D eigenvalue weighted by molar-refractivity contribution is -0.131. The van der Waals surface area contributed by atoms with Crippen molar-refractivity contribution in [3.05, 3.63) is 29.8 Å². The predicted octanol–water partition coefficient (Wildman–Crippen LogP) is 2.62. The lowest BCUT2D eigenvalue weighted by Crippen LogP contribution is -2.15. The van der Waals surface area contributed by atoms with E-state index in [-0.39, 0.29) is 11.3 Å². The first-order chi connectivity index (χ1) is 11.1. The molecule has 1 aromatic heterocycles. The van der Waals surface area contributed by atoms with Crippen LogP contribution >= 0.6 is 0 Å². The van der Waals surface area contributed by atoms with Crippen LogP contribution in [0.2, 0.25) is 0 Å². The van der Waals surface area contributed by atoms with Gasteiger partial charge in [-0.3, -0.25) is 4.79 Å². The van der Waals surface area contributed by atoms with Gasteiger partial charge in [-0.1, -0.05) is 0 Å². The average Bonchev–Trinajstić information content (AvgIpc) is 2.74. The molecule has 0 aliphatic carbocycles. The zero-order chi connectivity index (χ0) is 18.1. The summed E-state index contributed by atoms with van der Waals surface area (Å²) in [5, 5.41) is 10.1. The molecule has 2 N–H and O–H groups in total. The van der Waals surface area contributed by atoms with Crippen LogP contribution in [0.25, 0.3) is 11.3 Å². The molecule has 0 saturated carbocycles. The van der Waals surface area contributed by atoms with Crippen molar-refractivity contribution in [2.75, 3.05) is 10.5 Å². The molecular weight excluding hydrogens is 348 g/mol. The minimum atomic E-state index is -3.83. The summed E-state index contributed by atoms with van der Waals surface area (Å²) < 4.78 is 61.8. The minimum absolute atomic E-state index is 0.208. The molecule has 1 heterocycles. The third kappa shape index (κ3) is 3.82. The smallest absolute Gasteiger partial charge is 0.308 e. The summed E-state index contributed by atoms with van der Waals surface area (Å²) in [4.78, 5) is 11.1. The zero-order valence-electron chi connectivity index (χ0n) is 12.6. The number of hydrogen-bond acceptors (Lipinski definition) is 6. The summed E-state index contributed by atoms with van der Waals surface area (Å²) in [6, 6.07) is 2.33. The highest BCUT2D eigenvalue weighted by molar-refractivity contribution is 7.92. The summed E-state index contributed by atoms with van der Waals surface area (Å²) >= 11 is 0. The van der Waals surface area contributed by atoms with Crippen LogP contribution in [0.4, 0.5) is 14.7 Å². The van der Waals surface area contributed by atoms with Crippen LogP contribution in [-0.4, -0.2) is 25.2 Å². The summed E-state index contributed by atoms with van der Waals surface area (Å²) in [6.45, 7) is 2.37. The van der Waals surface area contributed by atoms with Crippen LogP contribution in [0.5, 0.6) is 11.5 Å². The van der Waals surface area contributed by atoms with Gasteiger partial charge in [-0.05, 0) is 19.1 Å². The maximum absolute atomic E-state index is 13.3. The average molecular weight is 361 g/mol. The lowest BCUT2D eigenvalue weighted by atomic mass is 10.1. The van der Waals surface area contributed by atoms with Crippen LogP contribution < -0.4 is 9.46 Å². The number of carbonyl (C=O) groups is 1. The fourth-order valence-electron chi connectivity index (χ4n) is 1.81. The number of aromatic hydroxyl groups is 1. The fraction of sp³-hybridized carbons (Fsp3) is 0.214. The number of hydrogen-bond donors (Lipinski definition) is 2. The molecule has 0 unspecified atom stereocenters. The Morgan fingerprint density at radius 3 is 2.38 bits per heavy atom. The van der Waals surface area contributed by atoms with E-state index < -0.39 is 50.8 Å². The van der Waals surface area contributed by atoms with Crippen molar-refractivity contribution in [3.63, 3.8) is 0 Å². The van der Waals surface area contributed by atoms with Crippen LogP contribution in [0, 0.1) is 11.6 Å². The highest BCUT2D eigenvalue weighted by Gasteiger charge is 2.27. The van der Waals surface area contributed by atoms with Gasteiger partial charge in [0, 0.05) is 18.6 Å². The Bertz CT molecular complexity index is 871. The van der Waals surface area contributed by atoms with Gasteiger partial charge >= 0.3 is 5.97 Å². The molecule has 24 heavy (non-hydrogen) atoms. The van der Waals surface area contributed by atoms with Crippen molar-refractivity contribution >= 4 is 21.9 Å². The Labute approximate surface area is 135 Å². The third-order valence-corrected chi connectivity index (χ3v) is 4.10. The van der Waals surface area contributed by atoms with Crippen molar-refractivity contribution in [2.24, 2.45) is 0 Å².